The smallest absolute Gasteiger partial charge is 0.102 e. The Labute approximate surface area is 181 Å². The molecule has 0 spiro atoms. The highest BCUT2D eigenvalue weighted by atomic mass is 127. The molecule has 1 fully saturated rings. The van der Waals surface area contributed by atoms with Crippen molar-refractivity contribution in [3.05, 3.63) is 48.0 Å². The van der Waals surface area contributed by atoms with Gasteiger partial charge < -0.3 is 37.9 Å². The van der Waals surface area contributed by atoms with Gasteiger partial charge in [0.25, 0.3) is 0 Å². The number of fused-ring (bicyclic) bond motifs is 1. The molecule has 4 heteroatoms. The fourth-order valence-electron chi connectivity index (χ4n) is 3.78. The number of hydrogen-bond acceptors (Lipinski definition) is 2. The number of ether oxygens (including phenoxy) is 2. The van der Waals surface area contributed by atoms with Crippen LogP contribution in [-0.4, -0.2) is 58.1 Å². The fourth-order valence-corrected chi connectivity index (χ4v) is 3.78. The normalized spacial score (nSPS) is 18.4. The van der Waals surface area contributed by atoms with Crippen LogP contribution in [0.4, 0.5) is 0 Å². The minimum atomic E-state index is 0. The van der Waals surface area contributed by atoms with Gasteiger partial charge in [-0.25, -0.2) is 0 Å². The lowest BCUT2D eigenvalue weighted by Gasteiger charge is -2.25. The van der Waals surface area contributed by atoms with E-state index >= 15 is 0 Å². The Balaban J connectivity index is 0.00000261. The van der Waals surface area contributed by atoms with Crippen LogP contribution in [0.3, 0.4) is 0 Å². The van der Waals surface area contributed by atoms with Crippen molar-refractivity contribution in [1.29, 1.82) is 0 Å². The van der Waals surface area contributed by atoms with Gasteiger partial charge >= 0.3 is 0 Å². The number of quaternary nitrogens is 1. The van der Waals surface area contributed by atoms with E-state index < -0.39 is 0 Å². The van der Waals surface area contributed by atoms with E-state index in [0.29, 0.717) is 12.0 Å². The lowest BCUT2D eigenvalue weighted by Crippen LogP contribution is -3.00. The van der Waals surface area contributed by atoms with E-state index in [9.17, 15) is 0 Å². The van der Waals surface area contributed by atoms with Gasteiger partial charge in [0.15, 0.2) is 0 Å². The summed E-state index contributed by atoms with van der Waals surface area (Å²) >= 11 is 0. The zero-order chi connectivity index (χ0) is 18.4. The van der Waals surface area contributed by atoms with Crippen LogP contribution in [0.25, 0.3) is 10.8 Å². The van der Waals surface area contributed by atoms with Crippen molar-refractivity contribution in [3.8, 4) is 0 Å². The lowest BCUT2D eigenvalue weighted by atomic mass is 9.91. The maximum Gasteiger partial charge on any atom is 0.102 e. The fraction of sp³-hybridized carbons (Fsp3) is 0.565. The molecule has 1 aliphatic rings. The molecular weight excluding hydrogens is 449 g/mol. The number of halogens is 1. The second kappa shape index (κ2) is 10.7. The molecule has 2 unspecified atom stereocenters. The van der Waals surface area contributed by atoms with Gasteiger partial charge in [0.1, 0.15) is 6.54 Å². The van der Waals surface area contributed by atoms with Crippen LogP contribution < -0.4 is 24.0 Å². The molecule has 2 atom stereocenters. The molecule has 1 heterocycles. The average molecular weight is 483 g/mol. The summed E-state index contributed by atoms with van der Waals surface area (Å²) in [4.78, 5) is 0. The zero-order valence-corrected chi connectivity index (χ0v) is 19.2. The molecule has 27 heavy (non-hydrogen) atoms. The molecule has 0 aromatic heterocycles. The highest BCUT2D eigenvalue weighted by Crippen LogP contribution is 2.26. The standard InChI is InChI=1S/C23H34NO2.HI/c1-24(2,3)13-15-25-18-19(17-22-11-7-14-26-22)16-21-10-6-9-20-8-4-5-12-23(20)21;/h4-6,8-10,12,19,22H,7,11,13-18H2,1-3H3;1H/q+1;/p-1. The minimum absolute atomic E-state index is 0. The van der Waals surface area contributed by atoms with Crippen molar-refractivity contribution in [2.24, 2.45) is 5.92 Å². The molecule has 1 aliphatic heterocycles. The summed E-state index contributed by atoms with van der Waals surface area (Å²) in [5.41, 5.74) is 1.43. The summed E-state index contributed by atoms with van der Waals surface area (Å²) in [6.07, 6.45) is 4.98. The second-order valence-electron chi connectivity index (χ2n) is 8.67. The van der Waals surface area contributed by atoms with E-state index in [0.717, 1.165) is 43.7 Å². The van der Waals surface area contributed by atoms with Gasteiger partial charge in [-0.15, -0.1) is 0 Å². The number of rotatable bonds is 9. The Bertz CT molecular complexity index is 687. The summed E-state index contributed by atoms with van der Waals surface area (Å²) in [7, 11) is 6.63. The summed E-state index contributed by atoms with van der Waals surface area (Å²) in [6, 6.07) is 15.3. The Hall–Kier alpha value is -0.690. The predicted molar refractivity (Wildman–Crippen MR) is 108 cm³/mol. The maximum absolute atomic E-state index is 6.10. The average Bonchev–Trinajstić information content (AvgIpc) is 3.11. The highest BCUT2D eigenvalue weighted by Gasteiger charge is 2.22. The minimum Gasteiger partial charge on any atom is -1.00 e. The lowest BCUT2D eigenvalue weighted by molar-refractivity contribution is -0.870. The quantitative estimate of drug-likeness (QED) is 0.304. The molecule has 0 radical (unpaired) electrons. The summed E-state index contributed by atoms with van der Waals surface area (Å²) in [5.74, 6) is 0.511. The van der Waals surface area contributed by atoms with Gasteiger partial charge in [-0.05, 0) is 47.9 Å². The number of hydrogen-bond donors (Lipinski definition) is 0. The summed E-state index contributed by atoms with van der Waals surface area (Å²) < 4.78 is 12.9. The first-order chi connectivity index (χ1) is 12.5. The van der Waals surface area contributed by atoms with E-state index in [1.54, 1.807) is 0 Å². The van der Waals surface area contributed by atoms with Gasteiger partial charge in [0.2, 0.25) is 0 Å². The van der Waals surface area contributed by atoms with E-state index in [1.165, 1.54) is 29.2 Å². The summed E-state index contributed by atoms with van der Waals surface area (Å²) in [6.45, 7) is 3.61. The molecule has 0 N–H and O–H groups in total. The van der Waals surface area contributed by atoms with Crippen LogP contribution >= 0.6 is 0 Å². The van der Waals surface area contributed by atoms with Gasteiger partial charge in [-0.2, -0.15) is 0 Å². The molecule has 150 valence electrons. The van der Waals surface area contributed by atoms with Crippen molar-refractivity contribution in [3.63, 3.8) is 0 Å². The predicted octanol–water partition coefficient (Wildman–Crippen LogP) is 1.29. The molecule has 3 rings (SSSR count). The molecule has 0 amide bonds. The third kappa shape index (κ3) is 7.33. The Morgan fingerprint density at radius 3 is 2.63 bits per heavy atom. The van der Waals surface area contributed by atoms with Crippen molar-refractivity contribution >= 4 is 10.8 Å². The van der Waals surface area contributed by atoms with E-state index in [4.69, 9.17) is 9.47 Å². The molecule has 2 aromatic rings. The monoisotopic (exact) mass is 483 g/mol. The van der Waals surface area contributed by atoms with Crippen molar-refractivity contribution in [2.45, 2.75) is 31.8 Å². The topological polar surface area (TPSA) is 18.5 Å². The molecule has 0 aliphatic carbocycles. The van der Waals surface area contributed by atoms with Gasteiger partial charge in [0.05, 0.1) is 40.5 Å². The Kier molecular flexibility index (Phi) is 8.99. The van der Waals surface area contributed by atoms with E-state index in [2.05, 4.69) is 63.6 Å². The Morgan fingerprint density at radius 1 is 1.11 bits per heavy atom. The number of benzene rings is 2. The largest absolute Gasteiger partial charge is 1.00 e. The third-order valence-corrected chi connectivity index (χ3v) is 5.27. The van der Waals surface area contributed by atoms with Crippen molar-refractivity contribution < 1.29 is 37.9 Å². The van der Waals surface area contributed by atoms with Crippen LogP contribution in [0.15, 0.2) is 42.5 Å². The molecule has 2 aromatic carbocycles. The first-order valence-corrected chi connectivity index (χ1v) is 9.98. The second-order valence-corrected chi connectivity index (χ2v) is 8.67. The molecule has 0 saturated carbocycles. The first-order valence-electron chi connectivity index (χ1n) is 9.98. The van der Waals surface area contributed by atoms with Crippen molar-refractivity contribution in [1.82, 2.24) is 0 Å². The SMILES string of the molecule is C[N+](C)(C)CCOCC(Cc1cccc2ccccc12)CC1CCCO1.[I-]. The molecule has 0 bridgehead atoms. The van der Waals surface area contributed by atoms with Crippen molar-refractivity contribution in [2.75, 3.05) is 47.5 Å². The van der Waals surface area contributed by atoms with Crippen LogP contribution in [-0.2, 0) is 15.9 Å². The van der Waals surface area contributed by atoms with Crippen LogP contribution in [0, 0.1) is 5.92 Å². The van der Waals surface area contributed by atoms with E-state index in [-0.39, 0.29) is 24.0 Å². The Morgan fingerprint density at radius 2 is 1.89 bits per heavy atom. The van der Waals surface area contributed by atoms with Gasteiger partial charge in [0, 0.05) is 6.61 Å². The summed E-state index contributed by atoms with van der Waals surface area (Å²) in [5, 5.41) is 2.70. The highest BCUT2D eigenvalue weighted by molar-refractivity contribution is 5.85. The van der Waals surface area contributed by atoms with Crippen LogP contribution in [0.5, 0.6) is 0 Å². The molecule has 3 nitrogen and oxygen atoms in total. The molecular formula is C23H34INO2. The van der Waals surface area contributed by atoms with Gasteiger partial charge in [-0.3, -0.25) is 0 Å². The van der Waals surface area contributed by atoms with E-state index in [1.807, 2.05) is 0 Å². The zero-order valence-electron chi connectivity index (χ0n) is 17.0. The first kappa shape index (κ1) is 22.6. The third-order valence-electron chi connectivity index (χ3n) is 5.27. The number of nitrogens with zero attached hydrogens (tertiary/aromatic N) is 1. The number of likely N-dealkylation sites (N-methyl/N-ethyl adjacent to an activating group) is 1. The maximum atomic E-state index is 6.10. The van der Waals surface area contributed by atoms with Gasteiger partial charge in [-0.1, -0.05) is 42.5 Å². The van der Waals surface area contributed by atoms with Crippen LogP contribution in [0.2, 0.25) is 0 Å². The van der Waals surface area contributed by atoms with Crippen LogP contribution in [0.1, 0.15) is 24.8 Å². The molecule has 1 saturated heterocycles.